The summed E-state index contributed by atoms with van der Waals surface area (Å²) >= 11 is 8.47. The van der Waals surface area contributed by atoms with Crippen LogP contribution in [-0.2, 0) is 17.9 Å². The molecule has 3 aromatic carbocycles. The van der Waals surface area contributed by atoms with Crippen LogP contribution in [0.3, 0.4) is 0 Å². The molecule has 7 heteroatoms. The quantitative estimate of drug-likeness (QED) is 0.208. The summed E-state index contributed by atoms with van der Waals surface area (Å²) in [5, 5.41) is 0.690. The second-order valence-corrected chi connectivity index (χ2v) is 10.7. The topological polar surface area (TPSA) is 45.8 Å². The molecule has 0 spiro atoms. The van der Waals surface area contributed by atoms with Crippen LogP contribution in [0.4, 0.5) is 0 Å². The molecule has 1 aromatic heterocycles. The molecule has 0 aliphatic carbocycles. The van der Waals surface area contributed by atoms with Crippen LogP contribution in [-0.4, -0.2) is 16.0 Å². The summed E-state index contributed by atoms with van der Waals surface area (Å²) in [4.78, 5) is 20.5. The molecule has 1 saturated heterocycles. The minimum Gasteiger partial charge on any atom is -0.457 e. The van der Waals surface area contributed by atoms with Gasteiger partial charge in [0.2, 0.25) is 0 Å². The van der Waals surface area contributed by atoms with E-state index in [1.165, 1.54) is 11.8 Å². The first-order valence-electron chi connectivity index (χ1n) is 11.0. The zero-order valence-electron chi connectivity index (χ0n) is 18.5. The first-order chi connectivity index (χ1) is 17.1. The van der Waals surface area contributed by atoms with Gasteiger partial charge >= 0.3 is 0 Å². The summed E-state index contributed by atoms with van der Waals surface area (Å²) in [6, 6.07) is 29.7. The lowest BCUT2D eigenvalue weighted by molar-refractivity contribution is -0.122. The van der Waals surface area contributed by atoms with E-state index in [2.05, 4.69) is 31.9 Å². The van der Waals surface area contributed by atoms with Crippen LogP contribution in [0.1, 0.15) is 16.9 Å². The zero-order valence-corrected chi connectivity index (χ0v) is 22.5. The number of aliphatic imine (C=N–C) groups is 1. The average Bonchev–Trinajstić information content (AvgIpc) is 3.46. The van der Waals surface area contributed by atoms with E-state index in [-0.39, 0.29) is 5.91 Å². The Morgan fingerprint density at radius 1 is 0.886 bits per heavy atom. The van der Waals surface area contributed by atoms with Crippen molar-refractivity contribution in [3.05, 3.63) is 122 Å². The van der Waals surface area contributed by atoms with Crippen LogP contribution in [0.5, 0.6) is 0 Å². The van der Waals surface area contributed by atoms with E-state index in [0.29, 0.717) is 28.9 Å². The molecule has 0 unspecified atom stereocenters. The Balaban J connectivity index is 1.43. The monoisotopic (exact) mass is 606 g/mol. The first-order valence-corrected chi connectivity index (χ1v) is 13.4. The third kappa shape index (κ3) is 5.69. The maximum Gasteiger partial charge on any atom is 0.267 e. The van der Waals surface area contributed by atoms with Crippen LogP contribution < -0.4 is 0 Å². The molecule has 0 N–H and O–H groups in total. The van der Waals surface area contributed by atoms with Gasteiger partial charge in [-0.25, -0.2) is 0 Å². The molecule has 174 valence electrons. The molecule has 1 fully saturated rings. The Morgan fingerprint density at radius 2 is 1.60 bits per heavy atom. The Bertz CT molecular complexity index is 1420. The first kappa shape index (κ1) is 23.9. The number of amides is 1. The normalized spacial score (nSPS) is 15.9. The minimum atomic E-state index is -0.0766. The number of halogens is 2. The van der Waals surface area contributed by atoms with Crippen LogP contribution in [0, 0.1) is 0 Å². The minimum absolute atomic E-state index is 0.0766. The van der Waals surface area contributed by atoms with Crippen molar-refractivity contribution >= 4 is 60.8 Å². The molecular weight excluding hydrogens is 588 g/mol. The van der Waals surface area contributed by atoms with E-state index in [9.17, 15) is 4.79 Å². The molecule has 1 aliphatic heterocycles. The van der Waals surface area contributed by atoms with Gasteiger partial charge in [-0.3, -0.25) is 14.7 Å². The van der Waals surface area contributed by atoms with Crippen molar-refractivity contribution in [1.82, 2.24) is 4.90 Å². The number of hydrogen-bond acceptors (Lipinski definition) is 4. The van der Waals surface area contributed by atoms with Gasteiger partial charge in [0.1, 0.15) is 11.5 Å². The number of carbonyl (C=O) groups is 1. The van der Waals surface area contributed by atoms with Crippen molar-refractivity contribution in [2.24, 2.45) is 4.99 Å². The molecule has 0 radical (unpaired) electrons. The molecule has 5 rings (SSSR count). The van der Waals surface area contributed by atoms with Crippen molar-refractivity contribution in [3.63, 3.8) is 0 Å². The summed E-state index contributed by atoms with van der Waals surface area (Å²) in [7, 11) is 0. The van der Waals surface area contributed by atoms with Gasteiger partial charge in [-0.1, -0.05) is 92.5 Å². The predicted molar refractivity (Wildman–Crippen MR) is 150 cm³/mol. The third-order valence-corrected chi connectivity index (χ3v) is 7.63. The van der Waals surface area contributed by atoms with Gasteiger partial charge in [0.15, 0.2) is 5.17 Å². The highest BCUT2D eigenvalue weighted by Gasteiger charge is 2.33. The van der Waals surface area contributed by atoms with Crippen molar-refractivity contribution in [1.29, 1.82) is 0 Å². The van der Waals surface area contributed by atoms with Gasteiger partial charge in [-0.2, -0.15) is 0 Å². The van der Waals surface area contributed by atoms with Crippen LogP contribution >= 0.6 is 43.6 Å². The Hall–Kier alpha value is -2.87. The maximum absolute atomic E-state index is 13.4. The molecule has 0 bridgehead atoms. The number of furan rings is 1. The fourth-order valence-electron chi connectivity index (χ4n) is 3.66. The fourth-order valence-corrected chi connectivity index (χ4v) is 5.42. The lowest BCUT2D eigenvalue weighted by Crippen LogP contribution is -2.28. The molecule has 35 heavy (non-hydrogen) atoms. The highest BCUT2D eigenvalue weighted by molar-refractivity contribution is 9.11. The van der Waals surface area contributed by atoms with Crippen molar-refractivity contribution < 1.29 is 9.21 Å². The van der Waals surface area contributed by atoms with Crippen LogP contribution in [0.15, 0.2) is 114 Å². The van der Waals surface area contributed by atoms with Gasteiger partial charge < -0.3 is 4.42 Å². The standard InChI is InChI=1S/C28H20Br2N2O2S/c29-21-11-13-24(30)23(15-21)25-14-12-22(34-25)16-26-27(33)32(18-20-9-5-2-6-10-20)28(35-26)31-17-19-7-3-1-4-8-19/h1-16H,17-18H2/b26-16+,31-28?. The number of benzene rings is 3. The summed E-state index contributed by atoms with van der Waals surface area (Å²) < 4.78 is 7.98. The van der Waals surface area contributed by atoms with Gasteiger partial charge in [-0.05, 0) is 53.2 Å². The number of thioether (sulfide) groups is 1. The predicted octanol–water partition coefficient (Wildman–Crippen LogP) is 8.14. The van der Waals surface area contributed by atoms with E-state index in [1.54, 1.807) is 11.0 Å². The second-order valence-electron chi connectivity index (χ2n) is 7.90. The van der Waals surface area contributed by atoms with E-state index in [1.807, 2.05) is 91.0 Å². The SMILES string of the molecule is O=C1/C(=C\c2ccc(-c3cc(Br)ccc3Br)o2)SC(=NCc2ccccc2)N1Cc1ccccc1. The second kappa shape index (κ2) is 10.8. The van der Waals surface area contributed by atoms with Crippen molar-refractivity contribution in [2.75, 3.05) is 0 Å². The molecule has 4 aromatic rings. The molecule has 4 nitrogen and oxygen atoms in total. The number of amidine groups is 1. The van der Waals surface area contributed by atoms with E-state index >= 15 is 0 Å². The van der Waals surface area contributed by atoms with Crippen molar-refractivity contribution in [2.45, 2.75) is 13.1 Å². The highest BCUT2D eigenvalue weighted by Crippen LogP contribution is 2.36. The lowest BCUT2D eigenvalue weighted by atomic mass is 10.2. The fraction of sp³-hybridized carbons (Fsp3) is 0.0714. The molecule has 1 amide bonds. The maximum atomic E-state index is 13.4. The molecule has 1 aliphatic rings. The Kier molecular flexibility index (Phi) is 7.37. The highest BCUT2D eigenvalue weighted by atomic mass is 79.9. The van der Waals surface area contributed by atoms with Crippen LogP contribution in [0.2, 0.25) is 0 Å². The number of hydrogen-bond donors (Lipinski definition) is 0. The summed E-state index contributed by atoms with van der Waals surface area (Å²) in [5.41, 5.74) is 3.08. The zero-order chi connectivity index (χ0) is 24.2. The van der Waals surface area contributed by atoms with Gasteiger partial charge in [0.05, 0.1) is 18.0 Å². The number of nitrogens with zero attached hydrogens (tertiary/aromatic N) is 2. The lowest BCUT2D eigenvalue weighted by Gasteiger charge is -2.15. The van der Waals surface area contributed by atoms with Gasteiger partial charge in [0.25, 0.3) is 5.91 Å². The molecular formula is C28H20Br2N2O2S. The van der Waals surface area contributed by atoms with Gasteiger partial charge in [0, 0.05) is 20.6 Å². The summed E-state index contributed by atoms with van der Waals surface area (Å²) in [5.74, 6) is 1.26. The number of rotatable bonds is 6. The van der Waals surface area contributed by atoms with E-state index in [0.717, 1.165) is 31.4 Å². The Morgan fingerprint density at radius 3 is 2.34 bits per heavy atom. The molecule has 0 saturated carbocycles. The smallest absolute Gasteiger partial charge is 0.267 e. The summed E-state index contributed by atoms with van der Waals surface area (Å²) in [6.45, 7) is 0.975. The van der Waals surface area contributed by atoms with E-state index < -0.39 is 0 Å². The molecule has 0 atom stereocenters. The molecule has 2 heterocycles. The largest absolute Gasteiger partial charge is 0.457 e. The Labute approximate surface area is 225 Å². The average molecular weight is 608 g/mol. The van der Waals surface area contributed by atoms with E-state index in [4.69, 9.17) is 9.41 Å². The third-order valence-electron chi connectivity index (χ3n) is 5.41. The van der Waals surface area contributed by atoms with Crippen LogP contribution in [0.25, 0.3) is 17.4 Å². The van der Waals surface area contributed by atoms with Crippen molar-refractivity contribution in [3.8, 4) is 11.3 Å². The van der Waals surface area contributed by atoms with Gasteiger partial charge in [-0.15, -0.1) is 0 Å². The summed E-state index contributed by atoms with van der Waals surface area (Å²) in [6.07, 6.45) is 1.80. The number of carbonyl (C=O) groups excluding carboxylic acids is 1.